The first-order valence-electron chi connectivity index (χ1n) is 11.1. The Balaban J connectivity index is -0.00000134. The number of rotatable bonds is 9. The molecule has 0 fully saturated rings. The van der Waals surface area contributed by atoms with Crippen molar-refractivity contribution in [3.8, 4) is 0 Å². The quantitative estimate of drug-likeness (QED) is 0.509. The van der Waals surface area contributed by atoms with E-state index in [0.29, 0.717) is 12.5 Å². The van der Waals surface area contributed by atoms with Crippen molar-refractivity contribution in [2.75, 3.05) is 20.6 Å². The molecular formula is C23H50N2O2. The van der Waals surface area contributed by atoms with E-state index in [2.05, 4.69) is 20.8 Å². The Morgan fingerprint density at radius 3 is 1.44 bits per heavy atom. The summed E-state index contributed by atoms with van der Waals surface area (Å²) >= 11 is 0. The minimum atomic E-state index is -0.290. The molecule has 3 atom stereocenters. The molecule has 0 aliphatic heterocycles. The van der Waals surface area contributed by atoms with Crippen molar-refractivity contribution in [3.05, 3.63) is 0 Å². The van der Waals surface area contributed by atoms with Crippen LogP contribution in [0.3, 0.4) is 0 Å². The predicted octanol–water partition coefficient (Wildman–Crippen LogP) is 5.71. The van der Waals surface area contributed by atoms with Crippen molar-refractivity contribution < 1.29 is 9.59 Å². The van der Waals surface area contributed by atoms with Gasteiger partial charge in [0, 0.05) is 32.6 Å². The number of amides is 2. The molecule has 27 heavy (non-hydrogen) atoms. The monoisotopic (exact) mass is 386 g/mol. The second kappa shape index (κ2) is 17.1. The molecule has 3 unspecified atom stereocenters. The summed E-state index contributed by atoms with van der Waals surface area (Å²) in [6, 6.07) is 0.215. The molecule has 0 radical (unpaired) electrons. The van der Waals surface area contributed by atoms with Gasteiger partial charge in [-0.1, -0.05) is 75.2 Å². The van der Waals surface area contributed by atoms with Crippen molar-refractivity contribution in [2.24, 2.45) is 23.7 Å². The molecule has 0 aliphatic rings. The van der Waals surface area contributed by atoms with Gasteiger partial charge in [0.25, 0.3) is 0 Å². The van der Waals surface area contributed by atoms with Gasteiger partial charge in [0.2, 0.25) is 11.8 Å². The molecular weight excluding hydrogens is 336 g/mol. The van der Waals surface area contributed by atoms with Crippen LogP contribution >= 0.6 is 0 Å². The van der Waals surface area contributed by atoms with E-state index in [1.54, 1.807) is 19.0 Å². The molecule has 0 rings (SSSR count). The topological polar surface area (TPSA) is 40.6 Å². The van der Waals surface area contributed by atoms with Crippen LogP contribution in [0.1, 0.15) is 89.0 Å². The lowest BCUT2D eigenvalue weighted by molar-refractivity contribution is -0.148. The molecule has 2 amide bonds. The number of carbonyl (C=O) groups is 2. The maximum Gasteiger partial charge on any atom is 0.226 e. The molecule has 0 aromatic rings. The third-order valence-corrected chi connectivity index (χ3v) is 5.22. The lowest BCUT2D eigenvalue weighted by Gasteiger charge is -2.37. The molecule has 0 heterocycles. The van der Waals surface area contributed by atoms with Crippen LogP contribution in [-0.2, 0) is 9.59 Å². The van der Waals surface area contributed by atoms with E-state index < -0.39 is 0 Å². The highest BCUT2D eigenvalue weighted by Gasteiger charge is 2.37. The lowest BCUT2D eigenvalue weighted by Crippen LogP contribution is -2.49. The summed E-state index contributed by atoms with van der Waals surface area (Å²) in [5.41, 5.74) is 0. The number of carbonyl (C=O) groups excluding carboxylic acids is 2. The van der Waals surface area contributed by atoms with E-state index in [9.17, 15) is 9.59 Å². The summed E-state index contributed by atoms with van der Waals surface area (Å²) in [6.45, 7) is 23.2. The third-order valence-electron chi connectivity index (χ3n) is 5.22. The van der Waals surface area contributed by atoms with E-state index >= 15 is 0 Å². The van der Waals surface area contributed by atoms with Crippen molar-refractivity contribution >= 4 is 11.8 Å². The van der Waals surface area contributed by atoms with E-state index in [0.717, 1.165) is 12.8 Å². The summed E-state index contributed by atoms with van der Waals surface area (Å²) in [4.78, 5) is 29.2. The third kappa shape index (κ3) is 9.62. The van der Waals surface area contributed by atoms with Crippen LogP contribution < -0.4 is 0 Å². The summed E-state index contributed by atoms with van der Waals surface area (Å²) in [5, 5.41) is 0. The Labute approximate surface area is 171 Å². The molecule has 0 saturated carbocycles. The van der Waals surface area contributed by atoms with Crippen molar-refractivity contribution in [1.82, 2.24) is 9.80 Å². The van der Waals surface area contributed by atoms with Crippen LogP contribution in [0, 0.1) is 23.7 Å². The van der Waals surface area contributed by atoms with Crippen molar-refractivity contribution in [3.63, 3.8) is 0 Å². The normalized spacial score (nSPS) is 13.6. The molecule has 0 spiro atoms. The van der Waals surface area contributed by atoms with Gasteiger partial charge in [-0.15, -0.1) is 0 Å². The largest absolute Gasteiger partial charge is 0.349 e. The van der Waals surface area contributed by atoms with Gasteiger partial charge in [-0.25, -0.2) is 0 Å². The van der Waals surface area contributed by atoms with Crippen molar-refractivity contribution in [1.29, 1.82) is 0 Å². The minimum Gasteiger partial charge on any atom is -0.349 e. The fourth-order valence-electron chi connectivity index (χ4n) is 3.66. The lowest BCUT2D eigenvalue weighted by atomic mass is 9.81. The molecule has 0 N–H and O–H groups in total. The standard InChI is InChI=1S/C19H38N2O2.2C2H6/c1-10-16(11-2)15(7)21(12-3)18(22)14(6)17(13(4)5)19(23)20(8)9;2*1-2/h13-17H,10-12H2,1-9H3;2*1-2H3. The first kappa shape index (κ1) is 30.7. The first-order valence-corrected chi connectivity index (χ1v) is 11.1. The molecule has 0 aromatic carbocycles. The molecule has 0 aromatic heterocycles. The second-order valence-electron chi connectivity index (χ2n) is 7.23. The maximum absolute atomic E-state index is 13.1. The Kier molecular flexibility index (Phi) is 19.4. The first-order chi connectivity index (χ1) is 12.6. The van der Waals surface area contributed by atoms with Crippen LogP contribution in [-0.4, -0.2) is 48.3 Å². The summed E-state index contributed by atoms with van der Waals surface area (Å²) in [7, 11) is 3.53. The maximum atomic E-state index is 13.1. The van der Waals surface area contributed by atoms with Crippen LogP contribution in [0.2, 0.25) is 0 Å². The predicted molar refractivity (Wildman–Crippen MR) is 120 cm³/mol. The molecule has 164 valence electrons. The fourth-order valence-corrected chi connectivity index (χ4v) is 3.66. The summed E-state index contributed by atoms with van der Waals surface area (Å²) in [6.07, 6.45) is 2.14. The molecule has 0 bridgehead atoms. The zero-order chi connectivity index (χ0) is 22.3. The Hall–Kier alpha value is -1.06. The number of nitrogens with zero attached hydrogens (tertiary/aromatic N) is 2. The fraction of sp³-hybridized carbons (Fsp3) is 0.913. The Morgan fingerprint density at radius 1 is 0.778 bits per heavy atom. The Morgan fingerprint density at radius 2 is 1.19 bits per heavy atom. The average Bonchev–Trinajstić information content (AvgIpc) is 2.66. The van der Waals surface area contributed by atoms with Crippen LogP contribution in [0.15, 0.2) is 0 Å². The SMILES string of the molecule is CC.CC.CCC(CC)C(C)N(CC)C(=O)C(C)C(C(=O)N(C)C)C(C)C. The van der Waals surface area contributed by atoms with E-state index in [1.807, 2.05) is 60.3 Å². The summed E-state index contributed by atoms with van der Waals surface area (Å²) in [5.74, 6) is 0.258. The van der Waals surface area contributed by atoms with Gasteiger partial charge in [-0.05, 0) is 25.7 Å². The second-order valence-corrected chi connectivity index (χ2v) is 7.23. The van der Waals surface area contributed by atoms with Crippen LogP contribution in [0.4, 0.5) is 0 Å². The summed E-state index contributed by atoms with van der Waals surface area (Å²) < 4.78 is 0. The highest BCUT2D eigenvalue weighted by molar-refractivity contribution is 5.87. The minimum absolute atomic E-state index is 0.0482. The number of hydrogen-bond donors (Lipinski definition) is 0. The Bertz CT molecular complexity index is 377. The van der Waals surface area contributed by atoms with Crippen LogP contribution in [0.25, 0.3) is 0 Å². The smallest absolute Gasteiger partial charge is 0.226 e. The van der Waals surface area contributed by atoms with Gasteiger partial charge in [0.1, 0.15) is 0 Å². The highest BCUT2D eigenvalue weighted by Crippen LogP contribution is 2.27. The van der Waals surface area contributed by atoms with E-state index in [-0.39, 0.29) is 35.6 Å². The molecule has 4 nitrogen and oxygen atoms in total. The van der Waals surface area contributed by atoms with Gasteiger partial charge in [0.05, 0.1) is 5.92 Å². The molecule has 4 heteroatoms. The van der Waals surface area contributed by atoms with Gasteiger partial charge in [0.15, 0.2) is 0 Å². The van der Waals surface area contributed by atoms with Crippen LogP contribution in [0.5, 0.6) is 0 Å². The van der Waals surface area contributed by atoms with Gasteiger partial charge < -0.3 is 9.80 Å². The number of hydrogen-bond acceptors (Lipinski definition) is 2. The van der Waals surface area contributed by atoms with E-state index in [1.165, 1.54) is 0 Å². The van der Waals surface area contributed by atoms with Gasteiger partial charge in [-0.2, -0.15) is 0 Å². The average molecular weight is 387 g/mol. The van der Waals surface area contributed by atoms with Gasteiger partial charge in [-0.3, -0.25) is 9.59 Å². The van der Waals surface area contributed by atoms with E-state index in [4.69, 9.17) is 0 Å². The highest BCUT2D eigenvalue weighted by atomic mass is 16.2. The molecule has 0 aliphatic carbocycles. The van der Waals surface area contributed by atoms with Gasteiger partial charge >= 0.3 is 0 Å². The van der Waals surface area contributed by atoms with Crippen molar-refractivity contribution in [2.45, 2.75) is 95.0 Å². The zero-order valence-electron chi connectivity index (χ0n) is 20.7. The zero-order valence-corrected chi connectivity index (χ0v) is 20.7. The molecule has 0 saturated heterocycles.